The first-order valence-electron chi connectivity index (χ1n) is 8.66. The number of carboxylic acid groups (broad SMARTS) is 1. The van der Waals surface area contributed by atoms with Crippen LogP contribution in [0.25, 0.3) is 0 Å². The van der Waals surface area contributed by atoms with Crippen molar-refractivity contribution in [3.63, 3.8) is 0 Å². The third-order valence-corrected chi connectivity index (χ3v) is 5.97. The molecule has 5 nitrogen and oxygen atoms in total. The Hall–Kier alpha value is -1.92. The molecular weight excluding hydrogens is 336 g/mol. The molecule has 25 heavy (non-hydrogen) atoms. The van der Waals surface area contributed by atoms with Gasteiger partial charge in [-0.05, 0) is 57.2 Å². The molecule has 6 heteroatoms. The lowest BCUT2D eigenvalue weighted by atomic mass is 10.1. The lowest BCUT2D eigenvalue weighted by molar-refractivity contribution is -0.141. The van der Waals surface area contributed by atoms with Gasteiger partial charge in [-0.1, -0.05) is 6.07 Å². The average molecular weight is 360 g/mol. The summed E-state index contributed by atoms with van der Waals surface area (Å²) in [7, 11) is 0. The zero-order valence-electron chi connectivity index (χ0n) is 14.7. The van der Waals surface area contributed by atoms with E-state index < -0.39 is 12.0 Å². The first-order chi connectivity index (χ1) is 12.0. The van der Waals surface area contributed by atoms with E-state index in [2.05, 4.69) is 22.1 Å². The monoisotopic (exact) mass is 360 g/mol. The van der Waals surface area contributed by atoms with Crippen LogP contribution in [0.15, 0.2) is 23.6 Å². The molecule has 2 aromatic rings. The van der Waals surface area contributed by atoms with Gasteiger partial charge in [0.15, 0.2) is 5.78 Å². The lowest BCUT2D eigenvalue weighted by Gasteiger charge is -2.20. The molecule has 1 fully saturated rings. The summed E-state index contributed by atoms with van der Waals surface area (Å²) in [5.74, 6) is -0.810. The molecule has 0 amide bonds. The quantitative estimate of drug-likeness (QED) is 0.771. The molecule has 3 rings (SSSR count). The fraction of sp³-hybridized carbons (Fsp3) is 0.474. The van der Waals surface area contributed by atoms with Gasteiger partial charge in [0.1, 0.15) is 6.04 Å². The maximum atomic E-state index is 12.7. The summed E-state index contributed by atoms with van der Waals surface area (Å²) in [6, 6.07) is 5.60. The fourth-order valence-electron chi connectivity index (χ4n) is 3.67. The van der Waals surface area contributed by atoms with Crippen LogP contribution in [0, 0.1) is 13.8 Å². The molecule has 134 valence electrons. The normalized spacial score (nSPS) is 17.9. The van der Waals surface area contributed by atoms with Gasteiger partial charge in [-0.2, -0.15) is 0 Å². The average Bonchev–Trinajstić information content (AvgIpc) is 3.27. The van der Waals surface area contributed by atoms with Gasteiger partial charge in [-0.25, -0.2) is 0 Å². The van der Waals surface area contributed by atoms with Crippen LogP contribution >= 0.6 is 11.3 Å². The Morgan fingerprint density at radius 1 is 1.36 bits per heavy atom. The van der Waals surface area contributed by atoms with Crippen LogP contribution in [0.5, 0.6) is 0 Å². The highest BCUT2D eigenvalue weighted by Crippen LogP contribution is 2.21. The smallest absolute Gasteiger partial charge is 0.320 e. The zero-order valence-corrected chi connectivity index (χ0v) is 15.5. The number of carboxylic acids is 1. The minimum Gasteiger partial charge on any atom is -0.480 e. The second kappa shape index (κ2) is 7.54. The largest absolute Gasteiger partial charge is 0.480 e. The summed E-state index contributed by atoms with van der Waals surface area (Å²) < 4.78 is 2.19. The molecule has 1 aliphatic rings. The van der Waals surface area contributed by atoms with Crippen molar-refractivity contribution in [3.8, 4) is 0 Å². The van der Waals surface area contributed by atoms with Crippen LogP contribution in [-0.2, 0) is 17.8 Å². The Balaban J connectivity index is 1.70. The lowest BCUT2D eigenvalue weighted by Crippen LogP contribution is -2.39. The zero-order chi connectivity index (χ0) is 18.0. The van der Waals surface area contributed by atoms with E-state index in [0.29, 0.717) is 13.0 Å². The van der Waals surface area contributed by atoms with Crippen LogP contribution in [-0.4, -0.2) is 45.5 Å². The highest BCUT2D eigenvalue weighted by molar-refractivity contribution is 7.09. The van der Waals surface area contributed by atoms with Crippen molar-refractivity contribution in [2.45, 2.75) is 45.7 Å². The number of carbonyl (C=O) groups is 2. The fourth-order valence-corrected chi connectivity index (χ4v) is 4.37. The molecule has 0 radical (unpaired) electrons. The minimum atomic E-state index is -0.827. The van der Waals surface area contributed by atoms with Gasteiger partial charge in [-0.15, -0.1) is 11.3 Å². The van der Waals surface area contributed by atoms with E-state index in [0.717, 1.165) is 36.3 Å². The summed E-state index contributed by atoms with van der Waals surface area (Å²) >= 11 is 1.75. The van der Waals surface area contributed by atoms with Crippen LogP contribution in [0.4, 0.5) is 0 Å². The van der Waals surface area contributed by atoms with Crippen molar-refractivity contribution in [1.29, 1.82) is 0 Å². The van der Waals surface area contributed by atoms with Crippen LogP contribution in [0.3, 0.4) is 0 Å². The number of likely N-dealkylation sites (tertiary alicyclic amines) is 1. The third-order valence-electron chi connectivity index (χ3n) is 5.03. The van der Waals surface area contributed by atoms with Gasteiger partial charge >= 0.3 is 5.97 Å². The van der Waals surface area contributed by atoms with Gasteiger partial charge < -0.3 is 9.67 Å². The molecule has 0 aliphatic carbocycles. The number of aromatic nitrogens is 1. The molecule has 0 bridgehead atoms. The Bertz CT molecular complexity index is 764. The molecular formula is C19H24N2O3S. The number of thiophene rings is 1. The van der Waals surface area contributed by atoms with Crippen molar-refractivity contribution in [1.82, 2.24) is 9.47 Å². The number of nitrogens with zero attached hydrogens (tertiary/aromatic N) is 2. The van der Waals surface area contributed by atoms with Gasteiger partial charge in [0.25, 0.3) is 0 Å². The Kier molecular flexibility index (Phi) is 5.39. The highest BCUT2D eigenvalue weighted by atomic mass is 32.1. The SMILES string of the molecule is Cc1cc(C(=O)CN2CCC[C@@H]2C(=O)O)c(C)n1CCc1cccs1. The van der Waals surface area contributed by atoms with Crippen molar-refractivity contribution in [3.05, 3.63) is 45.4 Å². The van der Waals surface area contributed by atoms with E-state index in [1.807, 2.05) is 19.9 Å². The number of carbonyl (C=O) groups excluding carboxylic acids is 1. The number of ketones is 1. The standard InChI is InChI=1S/C19H24N2O3S/c1-13-11-16(14(2)21(13)9-7-15-5-4-10-25-15)18(22)12-20-8-3-6-17(20)19(23)24/h4-5,10-11,17H,3,6-9,12H2,1-2H3,(H,23,24)/t17-/m1/s1. The van der Waals surface area contributed by atoms with Gasteiger partial charge in [0.2, 0.25) is 0 Å². The predicted octanol–water partition coefficient (Wildman–Crippen LogP) is 3.14. The van der Waals surface area contributed by atoms with E-state index in [1.54, 1.807) is 16.2 Å². The Morgan fingerprint density at radius 2 is 2.16 bits per heavy atom. The topological polar surface area (TPSA) is 62.5 Å². The van der Waals surface area contributed by atoms with Crippen molar-refractivity contribution < 1.29 is 14.7 Å². The molecule has 1 aliphatic heterocycles. The van der Waals surface area contributed by atoms with E-state index >= 15 is 0 Å². The molecule has 0 spiro atoms. The molecule has 0 saturated carbocycles. The maximum absolute atomic E-state index is 12.7. The second-order valence-corrected chi connectivity index (χ2v) is 7.69. The number of hydrogen-bond donors (Lipinski definition) is 1. The van der Waals surface area contributed by atoms with Crippen molar-refractivity contribution in [2.24, 2.45) is 0 Å². The van der Waals surface area contributed by atoms with Crippen LogP contribution in [0.1, 0.15) is 39.5 Å². The van der Waals surface area contributed by atoms with Gasteiger partial charge in [-0.3, -0.25) is 14.5 Å². The van der Waals surface area contributed by atoms with Crippen LogP contribution < -0.4 is 0 Å². The molecule has 1 N–H and O–H groups in total. The first-order valence-corrected chi connectivity index (χ1v) is 9.54. The van der Waals surface area contributed by atoms with Crippen LogP contribution in [0.2, 0.25) is 0 Å². The maximum Gasteiger partial charge on any atom is 0.320 e. The number of rotatable bonds is 7. The van der Waals surface area contributed by atoms with Gasteiger partial charge in [0, 0.05) is 28.4 Å². The number of aliphatic carboxylic acids is 1. The van der Waals surface area contributed by atoms with Crippen molar-refractivity contribution in [2.75, 3.05) is 13.1 Å². The summed E-state index contributed by atoms with van der Waals surface area (Å²) in [6.45, 7) is 5.72. The summed E-state index contributed by atoms with van der Waals surface area (Å²) in [5, 5.41) is 11.4. The minimum absolute atomic E-state index is 0.0172. The predicted molar refractivity (Wildman–Crippen MR) is 98.5 cm³/mol. The first kappa shape index (κ1) is 17.9. The van der Waals surface area contributed by atoms with E-state index in [4.69, 9.17) is 0 Å². The second-order valence-electron chi connectivity index (χ2n) is 6.66. The molecule has 1 saturated heterocycles. The van der Waals surface area contributed by atoms with E-state index in [9.17, 15) is 14.7 Å². The number of aryl methyl sites for hydroxylation is 2. The highest BCUT2D eigenvalue weighted by Gasteiger charge is 2.32. The Morgan fingerprint density at radius 3 is 2.84 bits per heavy atom. The summed E-state index contributed by atoms with van der Waals surface area (Å²) in [4.78, 5) is 27.2. The Labute approximate surface area is 151 Å². The van der Waals surface area contributed by atoms with E-state index in [-0.39, 0.29) is 12.3 Å². The summed E-state index contributed by atoms with van der Waals surface area (Å²) in [6.07, 6.45) is 2.42. The molecule has 3 heterocycles. The molecule has 0 aromatic carbocycles. The van der Waals surface area contributed by atoms with Crippen molar-refractivity contribution >= 4 is 23.1 Å². The molecule has 1 atom stereocenters. The molecule has 0 unspecified atom stereocenters. The third kappa shape index (κ3) is 3.85. The van der Waals surface area contributed by atoms with E-state index in [1.165, 1.54) is 4.88 Å². The number of Topliss-reactive ketones (excluding diaryl/α,β-unsaturated/α-hetero) is 1. The number of hydrogen-bond acceptors (Lipinski definition) is 4. The van der Waals surface area contributed by atoms with Gasteiger partial charge in [0.05, 0.1) is 6.54 Å². The molecule has 2 aromatic heterocycles. The summed E-state index contributed by atoms with van der Waals surface area (Å²) in [5.41, 5.74) is 2.78.